The van der Waals surface area contributed by atoms with Crippen molar-refractivity contribution in [3.05, 3.63) is 83.4 Å². The van der Waals surface area contributed by atoms with Gasteiger partial charge in [0, 0.05) is 0 Å². The third-order valence-corrected chi connectivity index (χ3v) is 4.39. The Morgan fingerprint density at radius 3 is 1.93 bits per heavy atom. The summed E-state index contributed by atoms with van der Waals surface area (Å²) in [4.78, 5) is 24.3. The van der Waals surface area contributed by atoms with E-state index in [9.17, 15) is 24.9 Å². The lowest BCUT2D eigenvalue weighted by Gasteiger charge is -2.34. The minimum Gasteiger partial charge on any atom is -0.457 e. The number of aliphatic hydroxyl groups is 3. The van der Waals surface area contributed by atoms with Crippen LogP contribution >= 0.6 is 0 Å². The summed E-state index contributed by atoms with van der Waals surface area (Å²) in [6.45, 7) is -0.321. The maximum atomic E-state index is 12.2. The van der Waals surface area contributed by atoms with E-state index in [1.54, 1.807) is 48.5 Å². The molecule has 0 fully saturated rings. The van der Waals surface area contributed by atoms with Gasteiger partial charge in [-0.25, -0.2) is 9.59 Å². The number of hydrogen-bond donors (Lipinski definition) is 3. The van der Waals surface area contributed by atoms with Gasteiger partial charge in [-0.2, -0.15) is 0 Å². The number of esters is 2. The summed E-state index contributed by atoms with van der Waals surface area (Å²) in [7, 11) is 0. The summed E-state index contributed by atoms with van der Waals surface area (Å²) >= 11 is 0. The molecule has 0 unspecified atom stereocenters. The Balaban J connectivity index is 1.68. The monoisotopic (exact) mass is 384 g/mol. The van der Waals surface area contributed by atoms with Gasteiger partial charge in [0.25, 0.3) is 0 Å². The van der Waals surface area contributed by atoms with Crippen molar-refractivity contribution in [2.75, 3.05) is 6.61 Å². The zero-order chi connectivity index (χ0) is 20.1. The quantitative estimate of drug-likeness (QED) is 0.522. The summed E-state index contributed by atoms with van der Waals surface area (Å²) in [6, 6.07) is 16.4. The molecule has 0 radical (unpaired) electrons. The molecule has 0 spiro atoms. The normalized spacial score (nSPS) is 24.2. The molecule has 3 N–H and O–H groups in total. The predicted octanol–water partition coefficient (Wildman–Crippen LogP) is 1.09. The Morgan fingerprint density at radius 2 is 1.36 bits per heavy atom. The molecule has 3 rings (SSSR count). The van der Waals surface area contributed by atoms with Gasteiger partial charge in [0.05, 0.1) is 11.1 Å². The third-order valence-electron chi connectivity index (χ3n) is 4.39. The minimum atomic E-state index is -1.52. The number of hydrogen-bond acceptors (Lipinski definition) is 7. The summed E-state index contributed by atoms with van der Waals surface area (Å²) in [5, 5.41) is 30.7. The van der Waals surface area contributed by atoms with Crippen molar-refractivity contribution in [3.8, 4) is 0 Å². The zero-order valence-electron chi connectivity index (χ0n) is 14.8. The van der Waals surface area contributed by atoms with E-state index in [4.69, 9.17) is 9.47 Å². The average molecular weight is 384 g/mol. The molecule has 0 aromatic heterocycles. The number of ether oxygens (including phenoxy) is 2. The van der Waals surface area contributed by atoms with Crippen LogP contribution in [0.1, 0.15) is 20.7 Å². The molecule has 0 heterocycles. The molecular formula is C21H20O7. The lowest BCUT2D eigenvalue weighted by Crippen LogP contribution is -2.51. The number of rotatable bonds is 5. The largest absolute Gasteiger partial charge is 0.457 e. The van der Waals surface area contributed by atoms with Crippen LogP contribution in [0.2, 0.25) is 0 Å². The average Bonchev–Trinajstić information content (AvgIpc) is 2.73. The molecule has 28 heavy (non-hydrogen) atoms. The van der Waals surface area contributed by atoms with Crippen LogP contribution in [0.4, 0.5) is 0 Å². The van der Waals surface area contributed by atoms with E-state index in [0.29, 0.717) is 5.56 Å². The van der Waals surface area contributed by atoms with Crippen LogP contribution in [-0.2, 0) is 9.47 Å². The van der Waals surface area contributed by atoms with E-state index >= 15 is 0 Å². The second-order valence-corrected chi connectivity index (χ2v) is 6.35. The number of carbonyl (C=O) groups is 2. The van der Waals surface area contributed by atoms with Gasteiger partial charge in [-0.15, -0.1) is 0 Å². The van der Waals surface area contributed by atoms with Crippen molar-refractivity contribution in [2.45, 2.75) is 24.4 Å². The van der Waals surface area contributed by atoms with Gasteiger partial charge in [0.15, 0.2) is 6.10 Å². The first-order valence-electron chi connectivity index (χ1n) is 8.70. The molecule has 0 saturated carbocycles. The van der Waals surface area contributed by atoms with Gasteiger partial charge < -0.3 is 24.8 Å². The molecule has 2 aromatic rings. The molecule has 146 valence electrons. The highest BCUT2D eigenvalue weighted by atomic mass is 16.6. The summed E-state index contributed by atoms with van der Waals surface area (Å²) in [5.41, 5.74) is 0.706. The van der Waals surface area contributed by atoms with Crippen LogP contribution < -0.4 is 0 Å². The van der Waals surface area contributed by atoms with Gasteiger partial charge in [0.2, 0.25) is 0 Å². The second-order valence-electron chi connectivity index (χ2n) is 6.35. The van der Waals surface area contributed by atoms with Gasteiger partial charge in [-0.05, 0) is 35.9 Å². The molecule has 1 aliphatic carbocycles. The fourth-order valence-corrected chi connectivity index (χ4v) is 2.85. The van der Waals surface area contributed by atoms with Gasteiger partial charge in [-0.1, -0.05) is 36.4 Å². The van der Waals surface area contributed by atoms with Crippen LogP contribution in [0, 0.1) is 0 Å². The number of aliphatic hydroxyl groups excluding tert-OH is 3. The van der Waals surface area contributed by atoms with Crippen molar-refractivity contribution in [1.29, 1.82) is 0 Å². The Bertz CT molecular complexity index is 848. The molecular weight excluding hydrogens is 364 g/mol. The van der Waals surface area contributed by atoms with Crippen molar-refractivity contribution in [1.82, 2.24) is 0 Å². The lowest BCUT2D eigenvalue weighted by atomic mass is 9.89. The van der Waals surface area contributed by atoms with E-state index in [-0.39, 0.29) is 17.7 Å². The first-order chi connectivity index (χ1) is 13.5. The molecule has 0 aliphatic heterocycles. The van der Waals surface area contributed by atoms with Crippen LogP contribution in [0.25, 0.3) is 0 Å². The maximum Gasteiger partial charge on any atom is 0.338 e. The highest BCUT2D eigenvalue weighted by molar-refractivity contribution is 5.90. The van der Waals surface area contributed by atoms with Crippen LogP contribution in [-0.4, -0.2) is 58.3 Å². The Labute approximate surface area is 161 Å². The van der Waals surface area contributed by atoms with Crippen LogP contribution in [0.5, 0.6) is 0 Å². The van der Waals surface area contributed by atoms with Crippen LogP contribution in [0.15, 0.2) is 72.3 Å². The minimum absolute atomic E-state index is 0.132. The van der Waals surface area contributed by atoms with Gasteiger partial charge in [-0.3, -0.25) is 0 Å². The standard InChI is InChI=1S/C21H20O7/c22-16-11-15(12-27-20(25)13-7-3-1-4-8-13)17(23)19(18(16)24)28-21(26)14-9-5-2-6-10-14/h1-11,16-19,22-24H,12H2/t16-,17+,18+,19-/m1/s1. The maximum absolute atomic E-state index is 12.2. The molecule has 2 aromatic carbocycles. The van der Waals surface area contributed by atoms with Gasteiger partial charge >= 0.3 is 11.9 Å². The highest BCUT2D eigenvalue weighted by Crippen LogP contribution is 2.24. The number of benzene rings is 2. The van der Waals surface area contributed by atoms with E-state index in [0.717, 1.165) is 0 Å². The molecule has 7 heteroatoms. The van der Waals surface area contributed by atoms with Crippen molar-refractivity contribution in [3.63, 3.8) is 0 Å². The van der Waals surface area contributed by atoms with Crippen molar-refractivity contribution >= 4 is 11.9 Å². The van der Waals surface area contributed by atoms with E-state index in [1.165, 1.54) is 18.2 Å². The Hall–Kier alpha value is -3.00. The summed E-state index contributed by atoms with van der Waals surface area (Å²) < 4.78 is 10.4. The highest BCUT2D eigenvalue weighted by Gasteiger charge is 2.41. The number of carbonyl (C=O) groups excluding carboxylic acids is 2. The molecule has 4 atom stereocenters. The Morgan fingerprint density at radius 1 is 0.821 bits per heavy atom. The van der Waals surface area contributed by atoms with Gasteiger partial charge in [0.1, 0.15) is 24.9 Å². The zero-order valence-corrected chi connectivity index (χ0v) is 14.8. The van der Waals surface area contributed by atoms with Crippen LogP contribution in [0.3, 0.4) is 0 Å². The Kier molecular flexibility index (Phi) is 6.20. The molecule has 1 aliphatic rings. The van der Waals surface area contributed by atoms with Crippen molar-refractivity contribution < 1.29 is 34.4 Å². The third kappa shape index (κ3) is 4.45. The fourth-order valence-electron chi connectivity index (χ4n) is 2.85. The van der Waals surface area contributed by atoms with E-state index in [2.05, 4.69) is 0 Å². The topological polar surface area (TPSA) is 113 Å². The van der Waals surface area contributed by atoms with E-state index < -0.39 is 36.4 Å². The van der Waals surface area contributed by atoms with Crippen molar-refractivity contribution in [2.24, 2.45) is 0 Å². The molecule has 0 bridgehead atoms. The molecule has 0 saturated heterocycles. The van der Waals surface area contributed by atoms with E-state index in [1.807, 2.05) is 0 Å². The first kappa shape index (κ1) is 19.8. The summed E-state index contributed by atoms with van der Waals surface area (Å²) in [6.07, 6.45) is -4.55. The SMILES string of the molecule is O=C(OCC1=C[C@@H](O)[C@H](O)[C@H](OC(=O)c2ccccc2)[C@H]1O)c1ccccc1. The molecule has 0 amide bonds. The fraction of sp³-hybridized carbons (Fsp3) is 0.238. The lowest BCUT2D eigenvalue weighted by molar-refractivity contribution is -0.103. The molecule has 7 nitrogen and oxygen atoms in total. The smallest absolute Gasteiger partial charge is 0.338 e. The summed E-state index contributed by atoms with van der Waals surface area (Å²) in [5.74, 6) is -1.36. The first-order valence-corrected chi connectivity index (χ1v) is 8.70. The predicted molar refractivity (Wildman–Crippen MR) is 98.5 cm³/mol. The second kappa shape index (κ2) is 8.79.